The zero-order chi connectivity index (χ0) is 27.9. The topological polar surface area (TPSA) is 139 Å². The molecule has 2 aliphatic carbocycles. The van der Waals surface area contributed by atoms with Crippen LogP contribution in [-0.4, -0.2) is 42.2 Å². The Morgan fingerprint density at radius 3 is 2.44 bits per heavy atom. The van der Waals surface area contributed by atoms with Gasteiger partial charge in [-0.1, -0.05) is 36.7 Å². The first kappa shape index (κ1) is 25.3. The number of hydrogen-bond acceptors (Lipinski definition) is 10. The molecule has 2 aromatic carbocycles. The van der Waals surface area contributed by atoms with Crippen molar-refractivity contribution in [1.29, 1.82) is 0 Å². The Balaban J connectivity index is 1.33. The van der Waals surface area contributed by atoms with Crippen LogP contribution in [0.25, 0.3) is 28.1 Å². The lowest BCUT2D eigenvalue weighted by atomic mass is 10.2. The number of hydrogen-bond donors (Lipinski definition) is 1. The maximum atomic E-state index is 13.4. The second-order valence-corrected chi connectivity index (χ2v) is 10.5. The van der Waals surface area contributed by atoms with Gasteiger partial charge in [0.25, 0.3) is 11.4 Å². The van der Waals surface area contributed by atoms with E-state index in [0.29, 0.717) is 40.7 Å². The predicted molar refractivity (Wildman–Crippen MR) is 148 cm³/mol. The molecule has 3 aromatic heterocycles. The molecule has 11 heteroatoms. The van der Waals surface area contributed by atoms with Gasteiger partial charge >= 0.3 is 0 Å². The Hall–Kier alpha value is -4.67. The Morgan fingerprint density at radius 2 is 1.73 bits per heavy atom. The third-order valence-corrected chi connectivity index (χ3v) is 7.17. The van der Waals surface area contributed by atoms with Crippen molar-refractivity contribution in [2.45, 2.75) is 70.5 Å². The fourth-order valence-electron chi connectivity index (χ4n) is 4.76. The first-order valence-electron chi connectivity index (χ1n) is 14.1. The largest absolute Gasteiger partial charge is 0.493 e. The van der Waals surface area contributed by atoms with Gasteiger partial charge in [-0.05, 0) is 56.4 Å². The molecule has 0 unspecified atom stereocenters. The van der Waals surface area contributed by atoms with Crippen molar-refractivity contribution in [1.82, 2.24) is 24.9 Å². The molecule has 0 spiro atoms. The number of rotatable bonds is 11. The lowest BCUT2D eigenvalue weighted by Gasteiger charge is -2.22. The van der Waals surface area contributed by atoms with E-state index in [1.165, 1.54) is 0 Å². The summed E-state index contributed by atoms with van der Waals surface area (Å²) in [5.74, 6) is 1.24. The summed E-state index contributed by atoms with van der Waals surface area (Å²) in [6, 6.07) is 13.0. The van der Waals surface area contributed by atoms with Crippen LogP contribution in [0.3, 0.4) is 0 Å². The molecular formula is C30H29N5O6. The van der Waals surface area contributed by atoms with Crippen LogP contribution < -0.4 is 15.0 Å². The van der Waals surface area contributed by atoms with E-state index in [4.69, 9.17) is 18.4 Å². The number of para-hydroxylation sites is 2. The number of aromatic nitrogens is 5. The lowest BCUT2D eigenvalue weighted by molar-refractivity contribution is 0.283. The molecular weight excluding hydrogens is 526 g/mol. The minimum Gasteiger partial charge on any atom is -0.493 e. The summed E-state index contributed by atoms with van der Waals surface area (Å²) in [5, 5.41) is 25.0. The van der Waals surface area contributed by atoms with Gasteiger partial charge in [-0.2, -0.15) is 4.98 Å². The molecule has 210 valence electrons. The number of ether oxygens (including phenoxy) is 2. The van der Waals surface area contributed by atoms with Gasteiger partial charge in [0.1, 0.15) is 28.7 Å². The molecule has 41 heavy (non-hydrogen) atoms. The second-order valence-electron chi connectivity index (χ2n) is 10.5. The third kappa shape index (κ3) is 5.03. The van der Waals surface area contributed by atoms with E-state index in [1.54, 1.807) is 4.57 Å². The van der Waals surface area contributed by atoms with Gasteiger partial charge in [0.05, 0.1) is 18.6 Å². The van der Waals surface area contributed by atoms with Gasteiger partial charge in [-0.15, -0.1) is 10.2 Å². The quantitative estimate of drug-likeness (QED) is 0.233. The Labute approximate surface area is 234 Å². The minimum absolute atomic E-state index is 0.101. The van der Waals surface area contributed by atoms with Crippen molar-refractivity contribution in [2.24, 2.45) is 0 Å². The number of aromatic hydroxyl groups is 1. The van der Waals surface area contributed by atoms with E-state index in [0.717, 1.165) is 43.9 Å². The molecule has 0 bridgehead atoms. The van der Waals surface area contributed by atoms with E-state index >= 15 is 0 Å². The third-order valence-electron chi connectivity index (χ3n) is 7.17. The highest BCUT2D eigenvalue weighted by Gasteiger charge is 2.32. The fourth-order valence-corrected chi connectivity index (χ4v) is 4.76. The molecule has 5 aromatic rings. The van der Waals surface area contributed by atoms with Gasteiger partial charge in [0.2, 0.25) is 11.8 Å². The molecule has 0 aliphatic heterocycles. The summed E-state index contributed by atoms with van der Waals surface area (Å²) in [7, 11) is 0. The highest BCUT2D eigenvalue weighted by molar-refractivity contribution is 5.79. The van der Waals surface area contributed by atoms with Gasteiger partial charge in [0, 0.05) is 11.8 Å². The average molecular weight is 556 g/mol. The van der Waals surface area contributed by atoms with E-state index in [9.17, 15) is 9.90 Å². The molecule has 2 aliphatic rings. The predicted octanol–water partition coefficient (Wildman–Crippen LogP) is 5.15. The summed E-state index contributed by atoms with van der Waals surface area (Å²) >= 11 is 0. The highest BCUT2D eigenvalue weighted by Crippen LogP contribution is 2.42. The van der Waals surface area contributed by atoms with E-state index in [1.807, 2.05) is 42.5 Å². The van der Waals surface area contributed by atoms with Crippen LogP contribution in [0.2, 0.25) is 0 Å². The SMILES string of the molecule is CCCCc1nc(=O)c(-c2nnc(Cc3noc4ccccc34)o2)c(O)n1-c1c(OC2CC2)cccc1OC1CC1. The number of aryl methyl sites for hydroxylation is 1. The molecule has 11 nitrogen and oxygen atoms in total. The first-order chi connectivity index (χ1) is 20.1. The van der Waals surface area contributed by atoms with Gasteiger partial charge in [0.15, 0.2) is 11.1 Å². The molecule has 0 radical (unpaired) electrons. The van der Waals surface area contributed by atoms with Crippen LogP contribution in [-0.2, 0) is 12.8 Å². The smallest absolute Gasteiger partial charge is 0.289 e. The van der Waals surface area contributed by atoms with Crippen LogP contribution in [0.4, 0.5) is 0 Å². The Bertz CT molecular complexity index is 1750. The molecule has 0 atom stereocenters. The zero-order valence-corrected chi connectivity index (χ0v) is 22.6. The lowest BCUT2D eigenvalue weighted by Crippen LogP contribution is -2.21. The normalized spacial score (nSPS) is 15.0. The number of nitrogens with zero attached hydrogens (tertiary/aromatic N) is 5. The van der Waals surface area contributed by atoms with Crippen LogP contribution in [0.5, 0.6) is 17.4 Å². The van der Waals surface area contributed by atoms with E-state index in [2.05, 4.69) is 27.3 Å². The van der Waals surface area contributed by atoms with Gasteiger partial charge < -0.3 is 23.5 Å². The molecule has 1 N–H and O–H groups in total. The average Bonchev–Trinajstić information content (AvgIpc) is 3.89. The maximum absolute atomic E-state index is 13.4. The Kier molecular flexibility index (Phi) is 6.41. The molecule has 0 saturated heterocycles. The fraction of sp³-hybridized carbons (Fsp3) is 0.367. The van der Waals surface area contributed by atoms with Crippen molar-refractivity contribution >= 4 is 11.0 Å². The molecule has 2 fully saturated rings. The number of benzene rings is 2. The van der Waals surface area contributed by atoms with Crippen LogP contribution >= 0.6 is 0 Å². The summed E-state index contributed by atoms with van der Waals surface area (Å²) in [6.45, 7) is 2.06. The summed E-state index contributed by atoms with van der Waals surface area (Å²) < 4.78 is 25.3. The molecule has 3 heterocycles. The van der Waals surface area contributed by atoms with E-state index < -0.39 is 5.56 Å². The standard InChI is InChI=1S/C30H29N5O6/c1-2-3-11-24-31-28(36)26(29-33-32-25(40-29)16-20-19-7-4-5-8-21(19)41-34-20)30(37)35(24)27-22(38-17-12-13-17)9-6-10-23(27)39-18-14-15-18/h4-10,17-18,37H,2-3,11-16H2,1H3. The second kappa shape index (κ2) is 10.4. The highest BCUT2D eigenvalue weighted by atomic mass is 16.5. The van der Waals surface area contributed by atoms with Crippen molar-refractivity contribution < 1.29 is 23.5 Å². The maximum Gasteiger partial charge on any atom is 0.289 e. The van der Waals surface area contributed by atoms with Crippen LogP contribution in [0, 0.1) is 0 Å². The van der Waals surface area contributed by atoms with Crippen LogP contribution in [0.1, 0.15) is 62.9 Å². The molecule has 0 amide bonds. The number of fused-ring (bicyclic) bond motifs is 1. The van der Waals surface area contributed by atoms with Crippen molar-refractivity contribution in [3.63, 3.8) is 0 Å². The molecule has 2 saturated carbocycles. The zero-order valence-electron chi connectivity index (χ0n) is 22.6. The van der Waals surface area contributed by atoms with Crippen molar-refractivity contribution in [3.8, 4) is 34.5 Å². The van der Waals surface area contributed by atoms with Crippen molar-refractivity contribution in [3.05, 3.63) is 70.2 Å². The summed E-state index contributed by atoms with van der Waals surface area (Å²) in [6.07, 6.45) is 6.35. The monoisotopic (exact) mass is 555 g/mol. The van der Waals surface area contributed by atoms with Gasteiger partial charge in [-0.25, -0.2) is 0 Å². The summed E-state index contributed by atoms with van der Waals surface area (Å²) in [4.78, 5) is 17.8. The summed E-state index contributed by atoms with van der Waals surface area (Å²) in [5.41, 5.74) is 0.937. The minimum atomic E-state index is -0.655. The van der Waals surface area contributed by atoms with Gasteiger partial charge in [-0.3, -0.25) is 9.36 Å². The van der Waals surface area contributed by atoms with Crippen LogP contribution in [0.15, 0.2) is 56.2 Å². The van der Waals surface area contributed by atoms with E-state index in [-0.39, 0.29) is 41.9 Å². The first-order valence-corrected chi connectivity index (χ1v) is 14.1. The van der Waals surface area contributed by atoms with Crippen molar-refractivity contribution in [2.75, 3.05) is 0 Å². The molecule has 7 rings (SSSR count). The number of unbranched alkanes of at least 4 members (excludes halogenated alkanes) is 1. The Morgan fingerprint density at radius 1 is 1.00 bits per heavy atom.